The van der Waals surface area contributed by atoms with Crippen LogP contribution in [0.3, 0.4) is 0 Å². The smallest absolute Gasteiger partial charge is 1.00 e. The van der Waals surface area contributed by atoms with Gasteiger partial charge in [0.25, 0.3) is 0 Å². The molecular formula is C18H26Cl2Hf. The minimum atomic E-state index is 0. The summed E-state index contributed by atoms with van der Waals surface area (Å²) in [7, 11) is 0. The van der Waals surface area contributed by atoms with Gasteiger partial charge in [0.05, 0.1) is 0 Å². The van der Waals surface area contributed by atoms with Crippen molar-refractivity contribution < 1.29 is 50.7 Å². The van der Waals surface area contributed by atoms with Gasteiger partial charge in [-0.3, -0.25) is 0 Å². The van der Waals surface area contributed by atoms with E-state index in [1.54, 1.807) is 0 Å². The van der Waals surface area contributed by atoms with Gasteiger partial charge in [-0.05, 0) is 0 Å². The van der Waals surface area contributed by atoms with Crippen molar-refractivity contribution in [2.75, 3.05) is 0 Å². The van der Waals surface area contributed by atoms with Crippen LogP contribution in [0.5, 0.6) is 0 Å². The standard InChI is InChI=1S/2C9H13.2ClH.Hf/c2*1-6-5-7(2)9(4)8(6)3;;;/h2*5H,1-4H3;2*1H;/q2*-1;;;+4/p-2. The Morgan fingerprint density at radius 3 is 0.619 bits per heavy atom. The molecule has 2 rings (SSSR count). The number of rotatable bonds is 0. The number of hydrogen-bond donors (Lipinski definition) is 0. The number of halogens is 2. The summed E-state index contributed by atoms with van der Waals surface area (Å²) in [6.45, 7) is 17.4. The summed E-state index contributed by atoms with van der Waals surface area (Å²) in [5.74, 6) is 0. The van der Waals surface area contributed by atoms with Crippen LogP contribution in [0.25, 0.3) is 0 Å². The summed E-state index contributed by atoms with van der Waals surface area (Å²) in [6, 6.07) is 4.48. The van der Waals surface area contributed by atoms with E-state index in [4.69, 9.17) is 0 Å². The summed E-state index contributed by atoms with van der Waals surface area (Å²) in [6.07, 6.45) is 0. The van der Waals surface area contributed by atoms with E-state index >= 15 is 0 Å². The molecule has 0 atom stereocenters. The third-order valence-corrected chi connectivity index (χ3v) is 4.36. The van der Waals surface area contributed by atoms with Crippen molar-refractivity contribution in [3.63, 3.8) is 0 Å². The van der Waals surface area contributed by atoms with Crippen LogP contribution in [0.1, 0.15) is 44.5 Å². The molecule has 0 spiro atoms. The van der Waals surface area contributed by atoms with Gasteiger partial charge in [0.2, 0.25) is 0 Å². The Morgan fingerprint density at radius 2 is 0.571 bits per heavy atom. The molecule has 2 aromatic rings. The Labute approximate surface area is 162 Å². The zero-order valence-corrected chi connectivity index (χ0v) is 19.5. The Hall–Kier alpha value is 0.150. The molecule has 0 N–H and O–H groups in total. The molecule has 0 radical (unpaired) electrons. The third kappa shape index (κ3) is 6.42. The second-order valence-corrected chi connectivity index (χ2v) is 5.52. The van der Waals surface area contributed by atoms with Crippen molar-refractivity contribution in [1.29, 1.82) is 0 Å². The van der Waals surface area contributed by atoms with Crippen LogP contribution in [0, 0.1) is 55.4 Å². The van der Waals surface area contributed by atoms with E-state index in [0.29, 0.717) is 0 Å². The second kappa shape index (κ2) is 10.8. The van der Waals surface area contributed by atoms with E-state index in [2.05, 4.69) is 67.5 Å². The number of hydrogen-bond acceptors (Lipinski definition) is 0. The fourth-order valence-corrected chi connectivity index (χ4v) is 2.27. The predicted molar refractivity (Wildman–Crippen MR) is 82.0 cm³/mol. The predicted octanol–water partition coefficient (Wildman–Crippen LogP) is -0.716. The van der Waals surface area contributed by atoms with Crippen LogP contribution in [0.15, 0.2) is 12.1 Å². The molecular weight excluding hydrogens is 466 g/mol. The molecule has 116 valence electrons. The first-order chi connectivity index (χ1) is 8.25. The maximum absolute atomic E-state index is 2.24. The molecule has 3 heteroatoms. The molecule has 0 aliphatic rings. The molecule has 0 amide bonds. The summed E-state index contributed by atoms with van der Waals surface area (Å²) < 4.78 is 0. The van der Waals surface area contributed by atoms with Crippen LogP contribution < -0.4 is 24.8 Å². The Bertz CT molecular complexity index is 453. The molecule has 0 saturated carbocycles. The molecule has 0 aliphatic heterocycles. The Morgan fingerprint density at radius 1 is 0.429 bits per heavy atom. The molecule has 0 aromatic heterocycles. The van der Waals surface area contributed by atoms with Gasteiger partial charge in [-0.2, -0.15) is 56.6 Å². The largest absolute Gasteiger partial charge is 4.00 e. The van der Waals surface area contributed by atoms with Crippen molar-refractivity contribution in [2.24, 2.45) is 0 Å². The first-order valence-corrected chi connectivity index (χ1v) is 6.65. The maximum Gasteiger partial charge on any atom is 4.00 e. The van der Waals surface area contributed by atoms with Crippen molar-refractivity contribution in [3.8, 4) is 0 Å². The fraction of sp³-hybridized carbons (Fsp3) is 0.444. The molecule has 0 unspecified atom stereocenters. The quantitative estimate of drug-likeness (QED) is 0.337. The van der Waals surface area contributed by atoms with Gasteiger partial charge in [-0.1, -0.05) is 55.4 Å². The number of aryl methyl sites for hydroxylation is 4. The van der Waals surface area contributed by atoms with E-state index in [1.165, 1.54) is 44.5 Å². The molecule has 0 heterocycles. The molecule has 0 saturated heterocycles. The maximum atomic E-state index is 2.24. The average Bonchev–Trinajstić information content (AvgIpc) is 2.66. The topological polar surface area (TPSA) is 0 Å². The SMILES string of the molecule is Cc1[cH-]c(C)c(C)c1C.Cc1[cH-]c(C)c(C)c1C.[Cl-].[Cl-].[Hf+4]. The molecule has 2 aromatic carbocycles. The summed E-state index contributed by atoms with van der Waals surface area (Å²) in [5, 5.41) is 0. The fourth-order valence-electron chi connectivity index (χ4n) is 2.27. The first kappa shape index (κ1) is 26.1. The van der Waals surface area contributed by atoms with Crippen molar-refractivity contribution in [3.05, 3.63) is 56.6 Å². The third-order valence-electron chi connectivity index (χ3n) is 4.36. The normalized spacial score (nSPS) is 8.76. The summed E-state index contributed by atoms with van der Waals surface area (Å²) >= 11 is 0. The van der Waals surface area contributed by atoms with Gasteiger partial charge in [-0.25, -0.2) is 0 Å². The van der Waals surface area contributed by atoms with Crippen molar-refractivity contribution >= 4 is 0 Å². The molecule has 0 bridgehead atoms. The Kier molecular flexibility index (Phi) is 13.4. The van der Waals surface area contributed by atoms with Gasteiger partial charge in [0, 0.05) is 0 Å². The molecule has 0 aliphatic carbocycles. The van der Waals surface area contributed by atoms with E-state index in [9.17, 15) is 0 Å². The minimum absolute atomic E-state index is 0. The first-order valence-electron chi connectivity index (χ1n) is 6.65. The van der Waals surface area contributed by atoms with Crippen LogP contribution in [-0.2, 0) is 25.8 Å². The van der Waals surface area contributed by atoms with E-state index < -0.39 is 0 Å². The van der Waals surface area contributed by atoms with Crippen LogP contribution in [0.4, 0.5) is 0 Å². The van der Waals surface area contributed by atoms with E-state index in [0.717, 1.165) is 0 Å². The van der Waals surface area contributed by atoms with Crippen LogP contribution >= 0.6 is 0 Å². The van der Waals surface area contributed by atoms with Crippen LogP contribution in [0.2, 0.25) is 0 Å². The second-order valence-electron chi connectivity index (χ2n) is 5.52. The molecule has 21 heavy (non-hydrogen) atoms. The van der Waals surface area contributed by atoms with Gasteiger partial charge in [-0.15, -0.1) is 0 Å². The van der Waals surface area contributed by atoms with Crippen LogP contribution in [-0.4, -0.2) is 0 Å². The van der Waals surface area contributed by atoms with Gasteiger partial charge in [0.15, 0.2) is 0 Å². The van der Waals surface area contributed by atoms with Gasteiger partial charge >= 0.3 is 25.8 Å². The molecule has 0 fully saturated rings. The average molecular weight is 492 g/mol. The minimum Gasteiger partial charge on any atom is -1.00 e. The van der Waals surface area contributed by atoms with Crippen molar-refractivity contribution in [1.82, 2.24) is 0 Å². The zero-order valence-electron chi connectivity index (χ0n) is 14.4. The van der Waals surface area contributed by atoms with E-state index in [1.807, 2.05) is 0 Å². The summed E-state index contributed by atoms with van der Waals surface area (Å²) in [5.41, 5.74) is 11.5. The van der Waals surface area contributed by atoms with Gasteiger partial charge < -0.3 is 24.8 Å². The van der Waals surface area contributed by atoms with E-state index in [-0.39, 0.29) is 50.7 Å². The Balaban J connectivity index is -0.000000270. The van der Waals surface area contributed by atoms with Crippen molar-refractivity contribution in [2.45, 2.75) is 55.4 Å². The summed E-state index contributed by atoms with van der Waals surface area (Å²) in [4.78, 5) is 0. The van der Waals surface area contributed by atoms with Gasteiger partial charge in [0.1, 0.15) is 0 Å². The molecule has 0 nitrogen and oxygen atoms in total. The monoisotopic (exact) mass is 492 g/mol. The zero-order chi connectivity index (χ0) is 14.0.